The van der Waals surface area contributed by atoms with Crippen molar-refractivity contribution in [2.45, 2.75) is 47.1 Å². The molecule has 0 saturated heterocycles. The molecule has 5 nitrogen and oxygen atoms in total. The fraction of sp³-hybridized carbons (Fsp3) is 0.846. The highest BCUT2D eigenvalue weighted by atomic mass is 16.4. The smallest absolute Gasteiger partial charge is 0.315 e. The predicted octanol–water partition coefficient (Wildman–Crippen LogP) is 1.83. The molecule has 2 amide bonds. The second kappa shape index (κ2) is 4.78. The van der Waals surface area contributed by atoms with Crippen molar-refractivity contribution in [3.8, 4) is 0 Å². The number of aliphatic carboxylic acids is 1. The van der Waals surface area contributed by atoms with Crippen LogP contribution in [0.15, 0.2) is 0 Å². The Morgan fingerprint density at radius 1 is 1.22 bits per heavy atom. The summed E-state index contributed by atoms with van der Waals surface area (Å²) >= 11 is 0. The first-order valence-electron chi connectivity index (χ1n) is 6.35. The van der Waals surface area contributed by atoms with Gasteiger partial charge in [-0.3, -0.25) is 4.79 Å². The number of amides is 2. The van der Waals surface area contributed by atoms with E-state index in [2.05, 4.69) is 38.3 Å². The van der Waals surface area contributed by atoms with Gasteiger partial charge in [-0.1, -0.05) is 27.7 Å². The number of nitrogens with one attached hydrogen (secondary N) is 2. The number of carbonyl (C=O) groups excluding carboxylic acids is 1. The van der Waals surface area contributed by atoms with E-state index in [1.165, 1.54) is 0 Å². The number of hydrogen-bond donors (Lipinski definition) is 3. The van der Waals surface area contributed by atoms with E-state index in [9.17, 15) is 9.59 Å². The molecular formula is C13H24N2O3. The molecule has 1 atom stereocenters. The first kappa shape index (κ1) is 14.8. The number of carbonyl (C=O) groups is 2. The second-order valence-corrected chi connectivity index (χ2v) is 6.35. The Bertz CT molecular complexity index is 336. The molecule has 0 bridgehead atoms. The molecule has 0 spiro atoms. The fourth-order valence-electron chi connectivity index (χ4n) is 2.63. The van der Waals surface area contributed by atoms with Gasteiger partial charge < -0.3 is 15.7 Å². The van der Waals surface area contributed by atoms with Gasteiger partial charge in [-0.15, -0.1) is 0 Å². The topological polar surface area (TPSA) is 78.4 Å². The normalized spacial score (nSPS) is 22.1. The molecule has 18 heavy (non-hydrogen) atoms. The number of hydrogen-bond acceptors (Lipinski definition) is 2. The molecule has 0 heterocycles. The van der Waals surface area contributed by atoms with E-state index >= 15 is 0 Å². The van der Waals surface area contributed by atoms with Crippen molar-refractivity contribution in [1.29, 1.82) is 0 Å². The summed E-state index contributed by atoms with van der Waals surface area (Å²) in [6.45, 7) is 11.1. The zero-order chi connectivity index (χ0) is 14.1. The summed E-state index contributed by atoms with van der Waals surface area (Å²) in [5.41, 5.74) is 0.486. The standard InChI is InChI=1S/C13H24N2O3/c1-8(6-10(16)17)15-11(18)14-7-9-12(2,3)13(9,4)5/h8-9H,6-7H2,1-5H3,(H,16,17)(H2,14,15,18). The summed E-state index contributed by atoms with van der Waals surface area (Å²) in [5.74, 6) is -0.446. The van der Waals surface area contributed by atoms with Gasteiger partial charge in [0.1, 0.15) is 0 Å². The summed E-state index contributed by atoms with van der Waals surface area (Å²) < 4.78 is 0. The molecule has 0 aliphatic heterocycles. The zero-order valence-corrected chi connectivity index (χ0v) is 11.8. The van der Waals surface area contributed by atoms with Gasteiger partial charge in [-0.2, -0.15) is 0 Å². The van der Waals surface area contributed by atoms with Crippen LogP contribution < -0.4 is 10.6 Å². The number of urea groups is 1. The number of rotatable bonds is 5. The summed E-state index contributed by atoms with van der Waals surface area (Å²) in [6.07, 6.45) is -0.0617. The highest BCUT2D eigenvalue weighted by Crippen LogP contribution is 2.67. The monoisotopic (exact) mass is 256 g/mol. The summed E-state index contributed by atoms with van der Waals surface area (Å²) in [4.78, 5) is 22.0. The van der Waals surface area contributed by atoms with Crippen LogP contribution in [0.4, 0.5) is 4.79 Å². The van der Waals surface area contributed by atoms with Crippen molar-refractivity contribution < 1.29 is 14.7 Å². The average Bonchev–Trinajstić information content (AvgIpc) is 2.52. The Morgan fingerprint density at radius 2 is 1.72 bits per heavy atom. The van der Waals surface area contributed by atoms with E-state index in [0.29, 0.717) is 12.5 Å². The molecule has 5 heteroatoms. The largest absolute Gasteiger partial charge is 0.481 e. The quantitative estimate of drug-likeness (QED) is 0.702. The van der Waals surface area contributed by atoms with Crippen molar-refractivity contribution in [2.75, 3.05) is 6.54 Å². The SMILES string of the molecule is CC(CC(=O)O)NC(=O)NCC1C(C)(C)C1(C)C. The van der Waals surface area contributed by atoms with Crippen LogP contribution in [0, 0.1) is 16.7 Å². The molecule has 0 aromatic carbocycles. The van der Waals surface area contributed by atoms with Crippen LogP contribution in [0.25, 0.3) is 0 Å². The lowest BCUT2D eigenvalue weighted by Crippen LogP contribution is -2.42. The molecule has 1 aliphatic carbocycles. The Hall–Kier alpha value is -1.26. The van der Waals surface area contributed by atoms with Gasteiger partial charge in [0.25, 0.3) is 0 Å². The van der Waals surface area contributed by atoms with Crippen molar-refractivity contribution in [3.63, 3.8) is 0 Å². The Balaban J connectivity index is 2.29. The highest BCUT2D eigenvalue weighted by molar-refractivity contribution is 5.75. The van der Waals surface area contributed by atoms with Gasteiger partial charge in [-0.25, -0.2) is 4.79 Å². The van der Waals surface area contributed by atoms with Crippen LogP contribution in [-0.2, 0) is 4.79 Å². The average molecular weight is 256 g/mol. The summed E-state index contributed by atoms with van der Waals surface area (Å²) in [5, 5.41) is 14.0. The van der Waals surface area contributed by atoms with E-state index in [4.69, 9.17) is 5.11 Å². The molecule has 104 valence electrons. The van der Waals surface area contributed by atoms with Gasteiger partial charge in [-0.05, 0) is 23.7 Å². The number of carboxylic acid groups (broad SMARTS) is 1. The van der Waals surface area contributed by atoms with E-state index in [-0.39, 0.29) is 29.3 Å². The van der Waals surface area contributed by atoms with Crippen LogP contribution >= 0.6 is 0 Å². The third-order valence-corrected chi connectivity index (χ3v) is 4.64. The lowest BCUT2D eigenvalue weighted by Gasteiger charge is -2.13. The molecular weight excluding hydrogens is 232 g/mol. The van der Waals surface area contributed by atoms with Gasteiger partial charge in [0.15, 0.2) is 0 Å². The molecule has 1 saturated carbocycles. The molecule has 1 rings (SSSR count). The minimum atomic E-state index is -0.910. The summed E-state index contributed by atoms with van der Waals surface area (Å²) in [7, 11) is 0. The third kappa shape index (κ3) is 2.94. The number of carboxylic acids is 1. The Morgan fingerprint density at radius 3 is 2.11 bits per heavy atom. The first-order valence-corrected chi connectivity index (χ1v) is 6.35. The van der Waals surface area contributed by atoms with Crippen molar-refractivity contribution in [2.24, 2.45) is 16.7 Å². The zero-order valence-electron chi connectivity index (χ0n) is 11.8. The van der Waals surface area contributed by atoms with E-state index < -0.39 is 5.97 Å². The van der Waals surface area contributed by atoms with Crippen molar-refractivity contribution in [1.82, 2.24) is 10.6 Å². The lowest BCUT2D eigenvalue weighted by molar-refractivity contribution is -0.137. The Labute approximate surface area is 108 Å². The predicted molar refractivity (Wildman–Crippen MR) is 69.3 cm³/mol. The third-order valence-electron chi connectivity index (χ3n) is 4.64. The maximum absolute atomic E-state index is 11.6. The lowest BCUT2D eigenvalue weighted by atomic mass is 10.0. The van der Waals surface area contributed by atoms with E-state index in [1.807, 2.05) is 0 Å². The fourth-order valence-corrected chi connectivity index (χ4v) is 2.63. The Kier molecular flexibility index (Phi) is 3.93. The van der Waals surface area contributed by atoms with Gasteiger partial charge in [0.2, 0.25) is 0 Å². The summed E-state index contributed by atoms with van der Waals surface area (Å²) in [6, 6.07) is -0.648. The minimum Gasteiger partial charge on any atom is -0.481 e. The van der Waals surface area contributed by atoms with Crippen molar-refractivity contribution >= 4 is 12.0 Å². The van der Waals surface area contributed by atoms with Gasteiger partial charge in [0, 0.05) is 12.6 Å². The molecule has 0 aromatic heterocycles. The van der Waals surface area contributed by atoms with Gasteiger partial charge >= 0.3 is 12.0 Å². The molecule has 0 radical (unpaired) electrons. The highest BCUT2D eigenvalue weighted by Gasteiger charge is 2.64. The van der Waals surface area contributed by atoms with E-state index in [0.717, 1.165) is 0 Å². The maximum atomic E-state index is 11.6. The molecule has 0 aromatic rings. The molecule has 1 fully saturated rings. The van der Waals surface area contributed by atoms with Crippen molar-refractivity contribution in [3.05, 3.63) is 0 Å². The van der Waals surface area contributed by atoms with Gasteiger partial charge in [0.05, 0.1) is 6.42 Å². The van der Waals surface area contributed by atoms with Crippen LogP contribution in [0.2, 0.25) is 0 Å². The molecule has 1 aliphatic rings. The van der Waals surface area contributed by atoms with E-state index in [1.54, 1.807) is 6.92 Å². The maximum Gasteiger partial charge on any atom is 0.315 e. The first-order chi connectivity index (χ1) is 8.09. The minimum absolute atomic E-state index is 0.0617. The van der Waals surface area contributed by atoms with Crippen LogP contribution in [0.3, 0.4) is 0 Å². The second-order valence-electron chi connectivity index (χ2n) is 6.35. The van der Waals surface area contributed by atoms with Crippen LogP contribution in [-0.4, -0.2) is 29.7 Å². The van der Waals surface area contributed by atoms with Crippen LogP contribution in [0.1, 0.15) is 41.0 Å². The molecule has 1 unspecified atom stereocenters. The van der Waals surface area contributed by atoms with Crippen LogP contribution in [0.5, 0.6) is 0 Å². The molecule has 3 N–H and O–H groups in total.